The average molecular weight is 287 g/mol. The van der Waals surface area contributed by atoms with E-state index < -0.39 is 12.0 Å². The van der Waals surface area contributed by atoms with Gasteiger partial charge in [-0.3, -0.25) is 14.2 Å². The van der Waals surface area contributed by atoms with Crippen molar-refractivity contribution in [1.29, 1.82) is 0 Å². The number of methoxy groups -OCH3 is 1. The van der Waals surface area contributed by atoms with Crippen LogP contribution in [0.25, 0.3) is 0 Å². The number of hydrogen-bond donors (Lipinski definition) is 1. The molecular weight excluding hydrogens is 270 g/mol. The van der Waals surface area contributed by atoms with Gasteiger partial charge in [0.25, 0.3) is 0 Å². The number of imidazole rings is 1. The smallest absolute Gasteiger partial charge is 0.323 e. The number of ether oxygens (including phenoxy) is 1. The molecule has 2 rings (SSSR count). The van der Waals surface area contributed by atoms with E-state index in [2.05, 4.69) is 9.72 Å². The van der Waals surface area contributed by atoms with E-state index in [1.807, 2.05) is 30.3 Å². The first-order valence-electron chi connectivity index (χ1n) is 6.53. The van der Waals surface area contributed by atoms with Gasteiger partial charge in [-0.05, 0) is 5.56 Å². The first-order chi connectivity index (χ1) is 10.1. The van der Waals surface area contributed by atoms with Crippen molar-refractivity contribution in [2.24, 2.45) is 5.73 Å². The topological polar surface area (TPSA) is 87.2 Å². The van der Waals surface area contributed by atoms with Gasteiger partial charge < -0.3 is 10.5 Å². The van der Waals surface area contributed by atoms with Crippen molar-refractivity contribution in [3.63, 3.8) is 0 Å². The number of carbonyl (C=O) groups excluding carboxylic acids is 2. The Labute approximate surface area is 122 Å². The Morgan fingerprint density at radius 1 is 1.33 bits per heavy atom. The summed E-state index contributed by atoms with van der Waals surface area (Å²) in [5, 5.41) is 0. The fraction of sp³-hybridized carbons (Fsp3) is 0.267. The van der Waals surface area contributed by atoms with Crippen LogP contribution in [-0.4, -0.2) is 34.6 Å². The van der Waals surface area contributed by atoms with Gasteiger partial charge in [-0.15, -0.1) is 0 Å². The first kappa shape index (κ1) is 14.9. The fourth-order valence-electron chi connectivity index (χ4n) is 2.01. The predicted molar refractivity (Wildman–Crippen MR) is 76.7 cm³/mol. The molecule has 0 bridgehead atoms. The van der Waals surface area contributed by atoms with E-state index in [9.17, 15) is 9.59 Å². The molecule has 1 aromatic carbocycles. The summed E-state index contributed by atoms with van der Waals surface area (Å²) in [6, 6.07) is 8.61. The molecule has 0 saturated carbocycles. The second kappa shape index (κ2) is 6.81. The van der Waals surface area contributed by atoms with Crippen LogP contribution in [0, 0.1) is 0 Å². The summed E-state index contributed by atoms with van der Waals surface area (Å²) in [6.45, 7) is 0. The minimum Gasteiger partial charge on any atom is -0.468 e. The number of nitrogens with two attached hydrogens (primary N) is 1. The van der Waals surface area contributed by atoms with Crippen LogP contribution in [0.3, 0.4) is 0 Å². The van der Waals surface area contributed by atoms with E-state index in [1.54, 1.807) is 0 Å². The molecule has 1 atom stereocenters. The van der Waals surface area contributed by atoms with Crippen LogP contribution in [0.15, 0.2) is 42.9 Å². The van der Waals surface area contributed by atoms with E-state index >= 15 is 0 Å². The molecule has 1 aromatic heterocycles. The normalized spacial score (nSPS) is 11.9. The maximum atomic E-state index is 12.3. The van der Waals surface area contributed by atoms with Crippen LogP contribution in [0.2, 0.25) is 0 Å². The third-order valence-corrected chi connectivity index (χ3v) is 3.11. The van der Waals surface area contributed by atoms with Crippen molar-refractivity contribution >= 4 is 11.9 Å². The third kappa shape index (κ3) is 3.76. The highest BCUT2D eigenvalue weighted by Crippen LogP contribution is 2.07. The van der Waals surface area contributed by atoms with E-state index in [-0.39, 0.29) is 18.7 Å². The number of rotatable bonds is 5. The molecule has 6 nitrogen and oxygen atoms in total. The zero-order valence-electron chi connectivity index (χ0n) is 11.7. The maximum Gasteiger partial charge on any atom is 0.323 e. The lowest BCUT2D eigenvalue weighted by Crippen LogP contribution is -2.34. The van der Waals surface area contributed by atoms with E-state index in [0.29, 0.717) is 5.69 Å². The van der Waals surface area contributed by atoms with Crippen LogP contribution in [0.1, 0.15) is 16.1 Å². The number of carbonyl (C=O) groups is 2. The van der Waals surface area contributed by atoms with Crippen LogP contribution < -0.4 is 5.73 Å². The minimum atomic E-state index is -0.810. The molecule has 0 saturated heterocycles. The van der Waals surface area contributed by atoms with Crippen LogP contribution in [-0.2, 0) is 22.4 Å². The molecule has 0 fully saturated rings. The summed E-state index contributed by atoms with van der Waals surface area (Å²) in [7, 11) is 1.28. The number of hydrogen-bond acceptors (Lipinski definition) is 5. The molecule has 0 aliphatic heterocycles. The molecule has 110 valence electrons. The Hall–Kier alpha value is -2.47. The molecule has 21 heavy (non-hydrogen) atoms. The maximum absolute atomic E-state index is 12.3. The SMILES string of the molecule is COC(=O)[C@@H](N)Cc1cncn1C(=O)Cc1ccccc1. The highest BCUT2D eigenvalue weighted by atomic mass is 16.5. The molecule has 2 aromatic rings. The molecule has 6 heteroatoms. The second-order valence-corrected chi connectivity index (χ2v) is 4.64. The first-order valence-corrected chi connectivity index (χ1v) is 6.53. The molecule has 0 amide bonds. The molecule has 0 aliphatic carbocycles. The Kier molecular flexibility index (Phi) is 4.84. The van der Waals surface area contributed by atoms with Gasteiger partial charge in [0, 0.05) is 18.3 Å². The summed E-state index contributed by atoms with van der Waals surface area (Å²) in [6.07, 6.45) is 3.43. The van der Waals surface area contributed by atoms with Gasteiger partial charge in [0.2, 0.25) is 5.91 Å². The highest BCUT2D eigenvalue weighted by Gasteiger charge is 2.18. The lowest BCUT2D eigenvalue weighted by atomic mass is 10.1. The largest absolute Gasteiger partial charge is 0.468 e. The van der Waals surface area contributed by atoms with Gasteiger partial charge in [-0.25, -0.2) is 4.98 Å². The molecule has 2 N–H and O–H groups in total. The van der Waals surface area contributed by atoms with Gasteiger partial charge in [0.1, 0.15) is 12.4 Å². The Morgan fingerprint density at radius 2 is 2.05 bits per heavy atom. The van der Waals surface area contributed by atoms with E-state index in [0.717, 1.165) is 5.56 Å². The fourth-order valence-corrected chi connectivity index (χ4v) is 2.01. The Bertz CT molecular complexity index is 622. The average Bonchev–Trinajstić information content (AvgIpc) is 2.95. The van der Waals surface area contributed by atoms with Gasteiger partial charge in [-0.2, -0.15) is 0 Å². The zero-order valence-corrected chi connectivity index (χ0v) is 11.7. The lowest BCUT2D eigenvalue weighted by Gasteiger charge is -2.11. The van der Waals surface area contributed by atoms with Crippen molar-refractivity contribution in [1.82, 2.24) is 9.55 Å². The molecule has 0 aliphatic rings. The zero-order chi connectivity index (χ0) is 15.2. The molecule has 0 spiro atoms. The lowest BCUT2D eigenvalue weighted by molar-refractivity contribution is -0.142. The third-order valence-electron chi connectivity index (χ3n) is 3.11. The highest BCUT2D eigenvalue weighted by molar-refractivity contribution is 5.82. The van der Waals surface area contributed by atoms with Crippen molar-refractivity contribution < 1.29 is 14.3 Å². The molecule has 0 unspecified atom stereocenters. The summed E-state index contributed by atoms with van der Waals surface area (Å²) >= 11 is 0. The summed E-state index contributed by atoms with van der Waals surface area (Å²) in [5.74, 6) is -0.635. The summed E-state index contributed by atoms with van der Waals surface area (Å²) in [4.78, 5) is 27.6. The van der Waals surface area contributed by atoms with E-state index in [4.69, 9.17) is 5.73 Å². The molecule has 1 heterocycles. The van der Waals surface area contributed by atoms with Gasteiger partial charge in [0.15, 0.2) is 0 Å². The van der Waals surface area contributed by atoms with Crippen LogP contribution >= 0.6 is 0 Å². The standard InChI is InChI=1S/C15H17N3O3/c1-21-15(20)13(16)8-12-9-17-10-18(12)14(19)7-11-5-3-2-4-6-11/h2-6,9-10,13H,7-8,16H2,1H3/t13-/m0/s1. The second-order valence-electron chi connectivity index (χ2n) is 4.64. The summed E-state index contributed by atoms with van der Waals surface area (Å²) in [5.41, 5.74) is 7.22. The quantitative estimate of drug-likeness (QED) is 0.822. The van der Waals surface area contributed by atoms with Gasteiger partial charge in [-0.1, -0.05) is 30.3 Å². The van der Waals surface area contributed by atoms with Gasteiger partial charge in [0.05, 0.1) is 13.5 Å². The number of benzene rings is 1. The van der Waals surface area contributed by atoms with Crippen molar-refractivity contribution in [3.05, 3.63) is 54.1 Å². The van der Waals surface area contributed by atoms with Crippen LogP contribution in [0.4, 0.5) is 0 Å². The Balaban J connectivity index is 2.09. The Morgan fingerprint density at radius 3 is 2.71 bits per heavy atom. The number of nitrogens with zero attached hydrogens (tertiary/aromatic N) is 2. The van der Waals surface area contributed by atoms with Crippen molar-refractivity contribution in [3.8, 4) is 0 Å². The number of esters is 1. The van der Waals surface area contributed by atoms with Crippen molar-refractivity contribution in [2.75, 3.05) is 7.11 Å². The molecular formula is C15H17N3O3. The van der Waals surface area contributed by atoms with Crippen molar-refractivity contribution in [2.45, 2.75) is 18.9 Å². The van der Waals surface area contributed by atoms with Gasteiger partial charge >= 0.3 is 5.97 Å². The monoisotopic (exact) mass is 287 g/mol. The summed E-state index contributed by atoms with van der Waals surface area (Å²) < 4.78 is 6.00. The molecule has 0 radical (unpaired) electrons. The number of aromatic nitrogens is 2. The minimum absolute atomic E-state index is 0.120. The predicted octanol–water partition coefficient (Wildman–Crippen LogP) is 0.809. The van der Waals surface area contributed by atoms with Crippen LogP contribution in [0.5, 0.6) is 0 Å². The van der Waals surface area contributed by atoms with E-state index in [1.165, 1.54) is 24.2 Å².